The fourth-order valence-corrected chi connectivity index (χ4v) is 2.39. The third kappa shape index (κ3) is 5.19. The van der Waals surface area contributed by atoms with Gasteiger partial charge < -0.3 is 10.5 Å². The molecule has 2 N–H and O–H groups in total. The van der Waals surface area contributed by atoms with Crippen molar-refractivity contribution in [3.63, 3.8) is 0 Å². The van der Waals surface area contributed by atoms with Gasteiger partial charge in [0.15, 0.2) is 0 Å². The van der Waals surface area contributed by atoms with Crippen LogP contribution < -0.4 is 5.73 Å². The number of esters is 1. The number of thioether (sulfide) groups is 1. The Kier molecular flexibility index (Phi) is 6.00. The highest BCUT2D eigenvalue weighted by molar-refractivity contribution is 7.98. The molecule has 0 unspecified atom stereocenters. The molecule has 0 aromatic heterocycles. The third-order valence-electron chi connectivity index (χ3n) is 2.14. The molecule has 0 heterocycles. The predicted molar refractivity (Wildman–Crippen MR) is 75.3 cm³/mol. The van der Waals surface area contributed by atoms with Gasteiger partial charge in [-0.15, -0.1) is 0 Å². The van der Waals surface area contributed by atoms with Crippen molar-refractivity contribution in [2.45, 2.75) is 12.2 Å². The van der Waals surface area contributed by atoms with Gasteiger partial charge in [-0.25, -0.2) is 4.79 Å². The van der Waals surface area contributed by atoms with Gasteiger partial charge in [0.1, 0.15) is 0 Å². The molecule has 0 aliphatic rings. The van der Waals surface area contributed by atoms with E-state index in [2.05, 4.69) is 4.74 Å². The van der Waals surface area contributed by atoms with Crippen molar-refractivity contribution in [2.24, 2.45) is 5.73 Å². The molecular formula is C12H15NO2S2. The number of hydrogen-bond acceptors (Lipinski definition) is 4. The lowest BCUT2D eigenvalue weighted by Gasteiger charge is -2.03. The molecule has 0 saturated heterocycles. The highest BCUT2D eigenvalue weighted by atomic mass is 32.2. The van der Waals surface area contributed by atoms with Crippen LogP contribution in [-0.4, -0.2) is 23.8 Å². The van der Waals surface area contributed by atoms with Crippen molar-refractivity contribution in [3.05, 3.63) is 35.4 Å². The highest BCUT2D eigenvalue weighted by Gasteiger charge is 2.04. The first kappa shape index (κ1) is 14.0. The van der Waals surface area contributed by atoms with Crippen LogP contribution in [-0.2, 0) is 10.5 Å². The Labute approximate surface area is 111 Å². The van der Waals surface area contributed by atoms with Crippen molar-refractivity contribution in [1.82, 2.24) is 0 Å². The van der Waals surface area contributed by atoms with Crippen LogP contribution in [0.5, 0.6) is 0 Å². The van der Waals surface area contributed by atoms with Crippen molar-refractivity contribution in [2.75, 3.05) is 12.9 Å². The predicted octanol–water partition coefficient (Wildman–Crippen LogP) is 2.38. The Morgan fingerprint density at radius 2 is 2.06 bits per heavy atom. The second-order valence-electron chi connectivity index (χ2n) is 3.46. The van der Waals surface area contributed by atoms with E-state index in [-0.39, 0.29) is 5.97 Å². The minimum absolute atomic E-state index is 0.308. The van der Waals surface area contributed by atoms with Crippen molar-refractivity contribution in [1.29, 1.82) is 0 Å². The van der Waals surface area contributed by atoms with Crippen molar-refractivity contribution >= 4 is 34.9 Å². The molecule has 0 saturated carbocycles. The Morgan fingerprint density at radius 3 is 2.59 bits per heavy atom. The summed E-state index contributed by atoms with van der Waals surface area (Å²) >= 11 is 6.57. The van der Waals surface area contributed by atoms with Crippen LogP contribution in [0.2, 0.25) is 0 Å². The van der Waals surface area contributed by atoms with Crippen LogP contribution in [0.1, 0.15) is 22.3 Å². The molecule has 3 nitrogen and oxygen atoms in total. The monoisotopic (exact) mass is 269 g/mol. The first-order valence-corrected chi connectivity index (χ1v) is 6.73. The molecule has 0 bridgehead atoms. The molecule has 5 heteroatoms. The summed E-state index contributed by atoms with van der Waals surface area (Å²) in [5, 5.41) is 0. The number of benzene rings is 1. The van der Waals surface area contributed by atoms with E-state index in [1.807, 2.05) is 12.1 Å². The normalized spacial score (nSPS) is 9.94. The summed E-state index contributed by atoms with van der Waals surface area (Å²) in [6.07, 6.45) is 0.764. The van der Waals surface area contributed by atoms with Crippen LogP contribution in [0.4, 0.5) is 0 Å². The molecule has 0 fully saturated rings. The molecule has 92 valence electrons. The lowest BCUT2D eigenvalue weighted by molar-refractivity contribution is 0.0601. The van der Waals surface area contributed by atoms with Crippen LogP contribution >= 0.6 is 24.0 Å². The quantitative estimate of drug-likeness (QED) is 0.488. The first-order chi connectivity index (χ1) is 8.13. The minimum Gasteiger partial charge on any atom is -0.465 e. The number of carbonyl (C=O) groups excluding carboxylic acids is 1. The molecule has 0 spiro atoms. The van der Waals surface area contributed by atoms with Crippen LogP contribution in [0.15, 0.2) is 24.3 Å². The molecule has 1 aromatic rings. The largest absolute Gasteiger partial charge is 0.465 e. The van der Waals surface area contributed by atoms with E-state index >= 15 is 0 Å². The average molecular weight is 269 g/mol. The summed E-state index contributed by atoms with van der Waals surface area (Å²) in [7, 11) is 1.38. The smallest absolute Gasteiger partial charge is 0.337 e. The van der Waals surface area contributed by atoms with Crippen molar-refractivity contribution < 1.29 is 9.53 Å². The van der Waals surface area contributed by atoms with Gasteiger partial charge in [0, 0.05) is 12.2 Å². The molecule has 1 rings (SSSR count). The third-order valence-corrected chi connectivity index (χ3v) is 3.37. The summed E-state index contributed by atoms with van der Waals surface area (Å²) < 4.78 is 4.63. The SMILES string of the molecule is COC(=O)c1ccc(CSCCC(N)=S)cc1. The number of nitrogens with two attached hydrogens (primary N) is 1. The zero-order valence-electron chi connectivity index (χ0n) is 9.64. The lowest BCUT2D eigenvalue weighted by Crippen LogP contribution is -2.08. The Balaban J connectivity index is 2.40. The Hall–Kier alpha value is -1.07. The summed E-state index contributed by atoms with van der Waals surface area (Å²) in [6, 6.07) is 7.41. The van der Waals surface area contributed by atoms with Gasteiger partial charge in [0.25, 0.3) is 0 Å². The number of carbonyl (C=O) groups is 1. The molecule has 0 amide bonds. The topological polar surface area (TPSA) is 52.3 Å². The van der Waals surface area contributed by atoms with E-state index in [1.165, 1.54) is 12.7 Å². The van der Waals surface area contributed by atoms with E-state index < -0.39 is 0 Å². The maximum absolute atomic E-state index is 11.2. The minimum atomic E-state index is -0.308. The molecular weight excluding hydrogens is 254 g/mol. The molecule has 0 aliphatic carbocycles. The van der Waals surface area contributed by atoms with E-state index in [0.717, 1.165) is 17.9 Å². The number of rotatable bonds is 6. The molecule has 0 radical (unpaired) electrons. The number of methoxy groups -OCH3 is 1. The summed E-state index contributed by atoms with van der Waals surface area (Å²) in [5.41, 5.74) is 7.15. The Bertz CT molecular complexity index is 390. The number of thiocarbonyl (C=S) groups is 1. The van der Waals surface area contributed by atoms with Gasteiger partial charge in [0.05, 0.1) is 17.7 Å². The first-order valence-electron chi connectivity index (χ1n) is 5.17. The summed E-state index contributed by atoms with van der Waals surface area (Å²) in [4.78, 5) is 11.8. The van der Waals surface area contributed by atoms with E-state index in [4.69, 9.17) is 18.0 Å². The van der Waals surface area contributed by atoms with Crippen LogP contribution in [0.25, 0.3) is 0 Å². The standard InChI is InChI=1S/C12H15NO2S2/c1-15-12(14)10-4-2-9(3-5-10)8-17-7-6-11(13)16/h2-5H,6-8H2,1H3,(H2,13,16). The van der Waals surface area contributed by atoms with Gasteiger partial charge in [-0.1, -0.05) is 24.4 Å². The van der Waals surface area contributed by atoms with E-state index in [1.54, 1.807) is 23.9 Å². The van der Waals surface area contributed by atoms with Gasteiger partial charge in [-0.05, 0) is 23.4 Å². The van der Waals surface area contributed by atoms with Gasteiger partial charge >= 0.3 is 5.97 Å². The zero-order valence-corrected chi connectivity index (χ0v) is 11.3. The molecule has 0 aliphatic heterocycles. The fourth-order valence-electron chi connectivity index (χ4n) is 1.22. The molecule has 0 atom stereocenters. The van der Waals surface area contributed by atoms with Gasteiger partial charge in [-0.3, -0.25) is 0 Å². The number of ether oxygens (including phenoxy) is 1. The fraction of sp³-hybridized carbons (Fsp3) is 0.333. The second-order valence-corrected chi connectivity index (χ2v) is 5.09. The molecule has 17 heavy (non-hydrogen) atoms. The van der Waals surface area contributed by atoms with E-state index in [0.29, 0.717) is 10.6 Å². The number of hydrogen-bond donors (Lipinski definition) is 1. The maximum atomic E-state index is 11.2. The van der Waals surface area contributed by atoms with Gasteiger partial charge in [0.2, 0.25) is 0 Å². The lowest BCUT2D eigenvalue weighted by atomic mass is 10.1. The molecule has 1 aromatic carbocycles. The Morgan fingerprint density at radius 1 is 1.41 bits per heavy atom. The van der Waals surface area contributed by atoms with Crippen molar-refractivity contribution in [3.8, 4) is 0 Å². The highest BCUT2D eigenvalue weighted by Crippen LogP contribution is 2.14. The summed E-state index contributed by atoms with van der Waals surface area (Å²) in [6.45, 7) is 0. The van der Waals surface area contributed by atoms with Crippen LogP contribution in [0, 0.1) is 0 Å². The van der Waals surface area contributed by atoms with Gasteiger partial charge in [-0.2, -0.15) is 11.8 Å². The zero-order chi connectivity index (χ0) is 12.7. The second kappa shape index (κ2) is 7.29. The van der Waals surface area contributed by atoms with E-state index in [9.17, 15) is 4.79 Å². The maximum Gasteiger partial charge on any atom is 0.337 e. The van der Waals surface area contributed by atoms with Crippen LogP contribution in [0.3, 0.4) is 0 Å². The average Bonchev–Trinajstić information content (AvgIpc) is 2.34. The summed E-state index contributed by atoms with van der Waals surface area (Å²) in [5.74, 6) is 1.51.